The van der Waals surface area contributed by atoms with Crippen LogP contribution in [0.25, 0.3) is 22.5 Å². The first kappa shape index (κ1) is 21.8. The lowest BCUT2D eigenvalue weighted by Crippen LogP contribution is -2.26. The Morgan fingerprint density at radius 2 is 1.82 bits per heavy atom. The van der Waals surface area contributed by atoms with Gasteiger partial charge in [-0.1, -0.05) is 29.4 Å². The van der Waals surface area contributed by atoms with Crippen LogP contribution in [0.5, 0.6) is 0 Å². The SMILES string of the molecule is CN(C)C(=O)Cn1cc(-c2cc([C@](C)(c3ccc(-c4cnc(N)nc4)cc3)C3CC3)no2)cn1. The Hall–Kier alpha value is -4.01. The quantitative estimate of drug-likeness (QED) is 0.452. The molecular formula is C25H27N7O2. The van der Waals surface area contributed by atoms with E-state index in [1.807, 2.05) is 12.3 Å². The van der Waals surface area contributed by atoms with E-state index in [1.54, 1.807) is 42.3 Å². The Bertz CT molecular complexity index is 1300. The van der Waals surface area contributed by atoms with Crippen molar-refractivity contribution in [3.05, 3.63) is 66.4 Å². The maximum Gasteiger partial charge on any atom is 0.243 e. The molecule has 3 aromatic heterocycles. The van der Waals surface area contributed by atoms with Gasteiger partial charge < -0.3 is 15.2 Å². The van der Waals surface area contributed by atoms with Gasteiger partial charge >= 0.3 is 0 Å². The average molecular weight is 458 g/mol. The maximum atomic E-state index is 12.0. The van der Waals surface area contributed by atoms with Gasteiger partial charge in [0.1, 0.15) is 6.54 Å². The highest BCUT2D eigenvalue weighted by molar-refractivity contribution is 5.75. The number of nitrogens with two attached hydrogens (primary N) is 1. The fourth-order valence-electron chi connectivity index (χ4n) is 4.26. The summed E-state index contributed by atoms with van der Waals surface area (Å²) in [6, 6.07) is 10.4. The zero-order valence-corrected chi connectivity index (χ0v) is 19.5. The molecule has 0 radical (unpaired) electrons. The monoisotopic (exact) mass is 457 g/mol. The van der Waals surface area contributed by atoms with Gasteiger partial charge in [-0.05, 0) is 36.8 Å². The summed E-state index contributed by atoms with van der Waals surface area (Å²) in [5.74, 6) is 1.37. The van der Waals surface area contributed by atoms with Crippen LogP contribution >= 0.6 is 0 Å². The van der Waals surface area contributed by atoms with E-state index in [4.69, 9.17) is 10.3 Å². The third-order valence-electron chi connectivity index (χ3n) is 6.64. The zero-order valence-electron chi connectivity index (χ0n) is 19.5. The molecule has 9 nitrogen and oxygen atoms in total. The van der Waals surface area contributed by atoms with E-state index < -0.39 is 0 Å². The number of carbonyl (C=O) groups excluding carboxylic acids is 1. The Kier molecular flexibility index (Phi) is 5.39. The molecule has 1 saturated carbocycles. The third-order valence-corrected chi connectivity index (χ3v) is 6.64. The highest BCUT2D eigenvalue weighted by atomic mass is 16.5. The van der Waals surface area contributed by atoms with Gasteiger partial charge in [0, 0.05) is 49.7 Å². The normalized spacial score (nSPS) is 15.1. The van der Waals surface area contributed by atoms with Gasteiger partial charge in [0.15, 0.2) is 5.76 Å². The van der Waals surface area contributed by atoms with E-state index in [2.05, 4.69) is 51.4 Å². The minimum atomic E-state index is -0.269. The highest BCUT2D eigenvalue weighted by Crippen LogP contribution is 2.51. The summed E-state index contributed by atoms with van der Waals surface area (Å²) in [4.78, 5) is 21.7. The van der Waals surface area contributed by atoms with E-state index in [-0.39, 0.29) is 23.8 Å². The molecule has 1 amide bonds. The van der Waals surface area contributed by atoms with Crippen molar-refractivity contribution >= 4 is 11.9 Å². The van der Waals surface area contributed by atoms with Crippen molar-refractivity contribution in [3.63, 3.8) is 0 Å². The van der Waals surface area contributed by atoms with Crippen LogP contribution in [0.4, 0.5) is 5.95 Å². The topological polar surface area (TPSA) is 116 Å². The van der Waals surface area contributed by atoms with Gasteiger partial charge in [-0.15, -0.1) is 0 Å². The molecule has 9 heteroatoms. The second-order valence-corrected chi connectivity index (χ2v) is 9.18. The molecule has 5 rings (SSSR count). The van der Waals surface area contributed by atoms with Crippen LogP contribution in [-0.4, -0.2) is 49.8 Å². The van der Waals surface area contributed by atoms with Crippen molar-refractivity contribution in [3.8, 4) is 22.5 Å². The van der Waals surface area contributed by atoms with Crippen molar-refractivity contribution in [2.24, 2.45) is 5.92 Å². The number of benzene rings is 1. The largest absolute Gasteiger partial charge is 0.368 e. The summed E-state index contributed by atoms with van der Waals surface area (Å²) in [6.45, 7) is 2.41. The van der Waals surface area contributed by atoms with E-state index in [0.29, 0.717) is 11.7 Å². The Morgan fingerprint density at radius 3 is 2.47 bits per heavy atom. The van der Waals surface area contributed by atoms with Crippen LogP contribution in [0.3, 0.4) is 0 Å². The third kappa shape index (κ3) is 4.05. The van der Waals surface area contributed by atoms with Crippen molar-refractivity contribution in [1.82, 2.24) is 29.8 Å². The standard InChI is InChI=1S/C25H27N7O2/c1-25(20-8-9-20,19-6-4-16(5-7-19)17-11-27-24(26)28-12-17)22-10-21(34-30-22)18-13-29-32(14-18)15-23(33)31(2)3/h4-7,10-14,20H,8-9,15H2,1-3H3,(H2,26,27,28)/t25-/m1/s1. The number of amides is 1. The molecule has 1 aliphatic rings. The van der Waals surface area contributed by atoms with Crippen LogP contribution in [0.15, 0.2) is 59.6 Å². The van der Waals surface area contributed by atoms with Crippen molar-refractivity contribution in [1.29, 1.82) is 0 Å². The first-order valence-corrected chi connectivity index (χ1v) is 11.2. The summed E-state index contributed by atoms with van der Waals surface area (Å²) in [5, 5.41) is 8.77. The lowest BCUT2D eigenvalue weighted by molar-refractivity contribution is -0.129. The average Bonchev–Trinajstić information content (AvgIpc) is 3.39. The summed E-state index contributed by atoms with van der Waals surface area (Å²) in [6.07, 6.45) is 9.27. The molecule has 0 saturated heterocycles. The second kappa shape index (κ2) is 8.40. The molecule has 1 atom stereocenters. The smallest absolute Gasteiger partial charge is 0.243 e. The molecular weight excluding hydrogens is 430 g/mol. The lowest BCUT2D eigenvalue weighted by atomic mass is 9.74. The molecule has 174 valence electrons. The minimum Gasteiger partial charge on any atom is -0.368 e. The van der Waals surface area contributed by atoms with Crippen LogP contribution < -0.4 is 5.73 Å². The van der Waals surface area contributed by atoms with Crippen LogP contribution in [-0.2, 0) is 16.8 Å². The van der Waals surface area contributed by atoms with E-state index in [0.717, 1.165) is 35.2 Å². The molecule has 0 aliphatic heterocycles. The summed E-state index contributed by atoms with van der Waals surface area (Å²) in [5.41, 5.74) is 10.2. The summed E-state index contributed by atoms with van der Waals surface area (Å²) < 4.78 is 7.35. The number of nitrogens with zero attached hydrogens (tertiary/aromatic N) is 6. The number of hydrogen-bond donors (Lipinski definition) is 1. The highest BCUT2D eigenvalue weighted by Gasteiger charge is 2.46. The van der Waals surface area contributed by atoms with Gasteiger partial charge in [0.05, 0.1) is 17.5 Å². The predicted octanol–water partition coefficient (Wildman–Crippen LogP) is 3.38. The van der Waals surface area contributed by atoms with Gasteiger partial charge in [-0.25, -0.2) is 9.97 Å². The fraction of sp³-hybridized carbons (Fsp3) is 0.320. The second-order valence-electron chi connectivity index (χ2n) is 9.18. The maximum absolute atomic E-state index is 12.0. The van der Waals surface area contributed by atoms with Crippen LogP contribution in [0.1, 0.15) is 31.0 Å². The summed E-state index contributed by atoms with van der Waals surface area (Å²) in [7, 11) is 3.45. The minimum absolute atomic E-state index is 0.0248. The molecule has 1 aromatic carbocycles. The first-order chi connectivity index (χ1) is 16.3. The van der Waals surface area contributed by atoms with Gasteiger partial charge in [-0.2, -0.15) is 5.10 Å². The molecule has 0 bridgehead atoms. The number of hydrogen-bond acceptors (Lipinski definition) is 7. The molecule has 1 aliphatic carbocycles. The fourth-order valence-corrected chi connectivity index (χ4v) is 4.26. The van der Waals surface area contributed by atoms with Crippen molar-refractivity contribution < 1.29 is 9.32 Å². The van der Waals surface area contributed by atoms with E-state index in [1.165, 1.54) is 5.56 Å². The number of rotatable bonds is 7. The number of nitrogen functional groups attached to an aromatic ring is 1. The molecule has 3 heterocycles. The first-order valence-electron chi connectivity index (χ1n) is 11.2. The molecule has 34 heavy (non-hydrogen) atoms. The van der Waals surface area contributed by atoms with Crippen LogP contribution in [0.2, 0.25) is 0 Å². The Balaban J connectivity index is 1.41. The Morgan fingerprint density at radius 1 is 1.12 bits per heavy atom. The number of aromatic nitrogens is 5. The zero-order chi connectivity index (χ0) is 23.9. The van der Waals surface area contributed by atoms with E-state index in [9.17, 15) is 4.79 Å². The Labute approximate surface area is 197 Å². The van der Waals surface area contributed by atoms with Gasteiger partial charge in [0.25, 0.3) is 0 Å². The lowest BCUT2D eigenvalue weighted by Gasteiger charge is -2.28. The predicted molar refractivity (Wildman–Crippen MR) is 127 cm³/mol. The van der Waals surface area contributed by atoms with Crippen LogP contribution in [0, 0.1) is 5.92 Å². The molecule has 0 spiro atoms. The van der Waals surface area contributed by atoms with Gasteiger partial charge in [0.2, 0.25) is 11.9 Å². The number of likely N-dealkylation sites (N-methyl/N-ethyl adjacent to an activating group) is 1. The van der Waals surface area contributed by atoms with Crippen molar-refractivity contribution in [2.45, 2.75) is 31.7 Å². The molecule has 4 aromatic rings. The molecule has 1 fully saturated rings. The molecule has 0 unspecified atom stereocenters. The van der Waals surface area contributed by atoms with Gasteiger partial charge in [-0.3, -0.25) is 9.48 Å². The number of carbonyl (C=O) groups is 1. The van der Waals surface area contributed by atoms with E-state index >= 15 is 0 Å². The summed E-state index contributed by atoms with van der Waals surface area (Å²) >= 11 is 0. The molecule has 2 N–H and O–H groups in total. The number of anilines is 1. The van der Waals surface area contributed by atoms with Crippen molar-refractivity contribution in [2.75, 3.05) is 19.8 Å².